The molecule has 0 aromatic rings. The minimum absolute atomic E-state index is 0.0559. The summed E-state index contributed by atoms with van der Waals surface area (Å²) in [6.45, 7) is 8.61. The van der Waals surface area contributed by atoms with E-state index in [4.69, 9.17) is 0 Å². The summed E-state index contributed by atoms with van der Waals surface area (Å²) >= 11 is 0. The highest BCUT2D eigenvalue weighted by molar-refractivity contribution is 5.35. The summed E-state index contributed by atoms with van der Waals surface area (Å²) in [5.41, 5.74) is 0. The summed E-state index contributed by atoms with van der Waals surface area (Å²) < 4.78 is 0. The maximum Gasteiger partial charge on any atom is 0.235 e. The zero-order valence-corrected chi connectivity index (χ0v) is 11.6. The number of isocyanates is 2. The number of hydrogen-bond donors (Lipinski definition) is 0. The van der Waals surface area contributed by atoms with Crippen molar-refractivity contribution in [3.63, 3.8) is 0 Å². The summed E-state index contributed by atoms with van der Waals surface area (Å²) in [7, 11) is 0. The fourth-order valence-corrected chi connectivity index (χ4v) is 3.09. The van der Waals surface area contributed by atoms with Gasteiger partial charge in [-0.1, -0.05) is 27.7 Å². The lowest BCUT2D eigenvalue weighted by Crippen LogP contribution is -2.41. The van der Waals surface area contributed by atoms with Crippen molar-refractivity contribution in [3.8, 4) is 0 Å². The van der Waals surface area contributed by atoms with Crippen molar-refractivity contribution in [1.82, 2.24) is 0 Å². The molecule has 18 heavy (non-hydrogen) atoms. The van der Waals surface area contributed by atoms with E-state index in [-0.39, 0.29) is 12.1 Å². The Morgan fingerprint density at radius 2 is 1.22 bits per heavy atom. The molecular formula is C14H22N2O2. The van der Waals surface area contributed by atoms with Crippen molar-refractivity contribution < 1.29 is 9.59 Å². The molecule has 0 amide bonds. The van der Waals surface area contributed by atoms with Crippen molar-refractivity contribution in [1.29, 1.82) is 0 Å². The van der Waals surface area contributed by atoms with E-state index in [9.17, 15) is 9.59 Å². The SMILES string of the molecule is CC(C)C1CC(C(C)C)C(N=C=O)CC1N=C=O. The van der Waals surface area contributed by atoms with Gasteiger partial charge in [-0.2, -0.15) is 0 Å². The van der Waals surface area contributed by atoms with Crippen LogP contribution in [0.4, 0.5) is 0 Å². The predicted molar refractivity (Wildman–Crippen MR) is 69.7 cm³/mol. The number of aliphatic imine (C=N–C) groups is 2. The Hall–Kier alpha value is -1.24. The Morgan fingerprint density at radius 3 is 1.50 bits per heavy atom. The Balaban J connectivity index is 2.97. The standard InChI is InChI=1S/C14H22N2O2/c1-9(2)11-5-12(10(3)4)14(16-8-18)6-13(11)15-7-17/h9-14H,5-6H2,1-4H3. The Labute approximate surface area is 109 Å². The summed E-state index contributed by atoms with van der Waals surface area (Å²) in [5, 5.41) is 0. The van der Waals surface area contributed by atoms with Crippen LogP contribution in [0, 0.1) is 23.7 Å². The largest absolute Gasteiger partial charge is 0.235 e. The highest BCUT2D eigenvalue weighted by atomic mass is 16.1. The molecule has 4 heteroatoms. The van der Waals surface area contributed by atoms with Crippen LogP contribution in [0.3, 0.4) is 0 Å². The van der Waals surface area contributed by atoms with Gasteiger partial charge >= 0.3 is 0 Å². The third-order valence-corrected chi connectivity index (χ3v) is 4.17. The van der Waals surface area contributed by atoms with Gasteiger partial charge in [0.2, 0.25) is 12.2 Å². The Kier molecular flexibility index (Phi) is 5.46. The van der Waals surface area contributed by atoms with E-state index in [0.717, 1.165) is 6.42 Å². The highest BCUT2D eigenvalue weighted by Gasteiger charge is 2.39. The van der Waals surface area contributed by atoms with E-state index in [2.05, 4.69) is 37.7 Å². The molecule has 0 spiro atoms. The quantitative estimate of drug-likeness (QED) is 0.569. The first-order chi connectivity index (χ1) is 8.51. The predicted octanol–water partition coefficient (Wildman–Crippen LogP) is 2.73. The Bertz CT molecular complexity index is 332. The first-order valence-electron chi connectivity index (χ1n) is 6.65. The smallest absolute Gasteiger partial charge is 0.211 e. The normalized spacial score (nSPS) is 31.9. The average molecular weight is 250 g/mol. The van der Waals surface area contributed by atoms with Gasteiger partial charge in [0.05, 0.1) is 12.1 Å². The molecule has 1 saturated carbocycles. The number of nitrogens with zero attached hydrogens (tertiary/aromatic N) is 2. The number of carbonyl (C=O) groups excluding carboxylic acids is 2. The van der Waals surface area contributed by atoms with Crippen LogP contribution < -0.4 is 0 Å². The molecule has 0 radical (unpaired) electrons. The van der Waals surface area contributed by atoms with Gasteiger partial charge in [0.1, 0.15) is 0 Å². The van der Waals surface area contributed by atoms with E-state index in [0.29, 0.717) is 30.1 Å². The lowest BCUT2D eigenvalue weighted by Gasteiger charge is -2.40. The second-order valence-corrected chi connectivity index (χ2v) is 5.86. The molecule has 1 rings (SSSR count). The summed E-state index contributed by atoms with van der Waals surface area (Å²) in [4.78, 5) is 28.9. The van der Waals surface area contributed by atoms with Gasteiger partial charge < -0.3 is 0 Å². The molecule has 4 atom stereocenters. The van der Waals surface area contributed by atoms with Crippen molar-refractivity contribution in [3.05, 3.63) is 0 Å². The monoisotopic (exact) mass is 250 g/mol. The molecule has 0 bridgehead atoms. The highest BCUT2D eigenvalue weighted by Crippen LogP contribution is 2.40. The number of hydrogen-bond acceptors (Lipinski definition) is 4. The first-order valence-corrected chi connectivity index (χ1v) is 6.65. The number of rotatable bonds is 4. The molecule has 100 valence electrons. The van der Waals surface area contributed by atoms with Crippen LogP contribution >= 0.6 is 0 Å². The van der Waals surface area contributed by atoms with E-state index < -0.39 is 0 Å². The molecule has 0 N–H and O–H groups in total. The van der Waals surface area contributed by atoms with Gasteiger partial charge in [0.25, 0.3) is 0 Å². The van der Waals surface area contributed by atoms with E-state index in [1.165, 1.54) is 0 Å². The van der Waals surface area contributed by atoms with Crippen LogP contribution in [0.25, 0.3) is 0 Å². The minimum Gasteiger partial charge on any atom is -0.211 e. The fraction of sp³-hybridized carbons (Fsp3) is 0.857. The van der Waals surface area contributed by atoms with E-state index in [1.54, 1.807) is 12.2 Å². The summed E-state index contributed by atoms with van der Waals surface area (Å²) in [5.74, 6) is 1.68. The van der Waals surface area contributed by atoms with Crippen molar-refractivity contribution in [2.75, 3.05) is 0 Å². The molecule has 0 saturated heterocycles. The molecule has 0 heterocycles. The van der Waals surface area contributed by atoms with Crippen molar-refractivity contribution in [2.24, 2.45) is 33.7 Å². The molecule has 1 aliphatic carbocycles. The second kappa shape index (κ2) is 6.63. The summed E-state index contributed by atoms with van der Waals surface area (Å²) in [6, 6.07) is -0.112. The molecule has 1 fully saturated rings. The third-order valence-electron chi connectivity index (χ3n) is 4.17. The third kappa shape index (κ3) is 3.38. The summed E-state index contributed by atoms with van der Waals surface area (Å²) in [6.07, 6.45) is 4.95. The zero-order valence-electron chi connectivity index (χ0n) is 11.6. The van der Waals surface area contributed by atoms with Gasteiger partial charge in [-0.3, -0.25) is 0 Å². The second-order valence-electron chi connectivity index (χ2n) is 5.86. The van der Waals surface area contributed by atoms with Gasteiger partial charge in [0, 0.05) is 0 Å². The molecule has 0 aliphatic heterocycles. The molecule has 4 unspecified atom stereocenters. The van der Waals surface area contributed by atoms with Crippen LogP contribution in [-0.2, 0) is 9.59 Å². The first kappa shape index (κ1) is 14.8. The van der Waals surface area contributed by atoms with Crippen LogP contribution in [0.15, 0.2) is 9.98 Å². The topological polar surface area (TPSA) is 58.9 Å². The maximum atomic E-state index is 10.5. The van der Waals surface area contributed by atoms with Gasteiger partial charge in [-0.25, -0.2) is 19.6 Å². The maximum absolute atomic E-state index is 10.5. The van der Waals surface area contributed by atoms with Gasteiger partial charge in [0.15, 0.2) is 0 Å². The van der Waals surface area contributed by atoms with Crippen LogP contribution in [-0.4, -0.2) is 24.2 Å². The molecule has 4 nitrogen and oxygen atoms in total. The van der Waals surface area contributed by atoms with E-state index in [1.807, 2.05) is 0 Å². The van der Waals surface area contributed by atoms with Gasteiger partial charge in [-0.15, -0.1) is 0 Å². The van der Waals surface area contributed by atoms with Crippen molar-refractivity contribution >= 4 is 12.2 Å². The minimum atomic E-state index is -0.0559. The van der Waals surface area contributed by atoms with Crippen LogP contribution in [0.1, 0.15) is 40.5 Å². The average Bonchev–Trinajstić information content (AvgIpc) is 2.29. The fourth-order valence-electron chi connectivity index (χ4n) is 3.09. The van der Waals surface area contributed by atoms with Crippen LogP contribution in [0.2, 0.25) is 0 Å². The molecular weight excluding hydrogens is 228 g/mol. The lowest BCUT2D eigenvalue weighted by atomic mass is 9.67. The van der Waals surface area contributed by atoms with Gasteiger partial charge in [-0.05, 0) is 36.5 Å². The molecule has 0 aromatic heterocycles. The molecule has 1 aliphatic rings. The zero-order chi connectivity index (χ0) is 13.7. The van der Waals surface area contributed by atoms with E-state index >= 15 is 0 Å². The molecule has 0 aromatic carbocycles. The van der Waals surface area contributed by atoms with Crippen LogP contribution in [0.5, 0.6) is 0 Å². The lowest BCUT2D eigenvalue weighted by molar-refractivity contribution is 0.133. The Morgan fingerprint density at radius 1 is 0.833 bits per heavy atom. The van der Waals surface area contributed by atoms with Crippen molar-refractivity contribution in [2.45, 2.75) is 52.6 Å².